The summed E-state index contributed by atoms with van der Waals surface area (Å²) >= 11 is 0. The number of esters is 2. The second-order valence-electron chi connectivity index (χ2n) is 17.2. The molecule has 0 aromatic rings. The molecule has 0 aliphatic heterocycles. The van der Waals surface area contributed by atoms with Crippen molar-refractivity contribution in [1.29, 1.82) is 0 Å². The number of aliphatic hydroxyl groups is 2. The highest BCUT2D eigenvalue weighted by atomic mass is 31.2. The molecule has 1 unspecified atom stereocenters. The lowest BCUT2D eigenvalue weighted by molar-refractivity contribution is -0.161. The monoisotopic (exact) mass is 875 g/mol. The summed E-state index contributed by atoms with van der Waals surface area (Å²) in [6.07, 6.45) is 46.3. The fraction of sp³-hybridized carbons (Fsp3) is 0.918. The van der Waals surface area contributed by atoms with E-state index in [0.717, 1.165) is 32.1 Å². The number of rotatable bonds is 48. The molecule has 3 N–H and O–H groups in total. The average molecular weight is 875 g/mol. The van der Waals surface area contributed by atoms with E-state index in [1.165, 1.54) is 180 Å². The minimum absolute atomic E-state index is 0.163. The Labute approximate surface area is 368 Å². The number of aliphatic hydroxyl groups excluding tert-OH is 2. The number of unbranched alkanes of at least 4 members (excludes halogenated alkanes) is 32. The van der Waals surface area contributed by atoms with Crippen molar-refractivity contribution < 1.29 is 47.8 Å². The van der Waals surface area contributed by atoms with Gasteiger partial charge in [-0.25, -0.2) is 4.57 Å². The molecule has 11 heteroatoms. The first-order valence-electron chi connectivity index (χ1n) is 25.1. The molecule has 0 fully saturated rings. The Morgan fingerprint density at radius 1 is 0.483 bits per heavy atom. The zero-order valence-corrected chi connectivity index (χ0v) is 39.8. The molecular weight excluding hydrogens is 780 g/mol. The molecule has 3 atom stereocenters. The maximum absolute atomic E-state index is 12.7. The third-order valence-corrected chi connectivity index (χ3v) is 12.1. The first kappa shape index (κ1) is 58.7. The van der Waals surface area contributed by atoms with E-state index in [2.05, 4.69) is 19.9 Å². The summed E-state index contributed by atoms with van der Waals surface area (Å²) in [4.78, 5) is 35.1. The van der Waals surface area contributed by atoms with Crippen LogP contribution >= 0.6 is 7.82 Å². The van der Waals surface area contributed by atoms with Crippen LogP contribution in [0, 0.1) is 0 Å². The van der Waals surface area contributed by atoms with Crippen molar-refractivity contribution >= 4 is 19.8 Å². The Balaban J connectivity index is 4.16. The Morgan fingerprint density at radius 3 is 1.27 bits per heavy atom. The van der Waals surface area contributed by atoms with E-state index in [1.807, 2.05) is 6.08 Å². The van der Waals surface area contributed by atoms with Crippen LogP contribution in [0.25, 0.3) is 0 Å². The molecule has 0 rings (SSSR count). The highest BCUT2D eigenvalue weighted by Gasteiger charge is 2.27. The Hall–Kier alpha value is -1.29. The van der Waals surface area contributed by atoms with Crippen LogP contribution < -0.4 is 0 Å². The molecule has 0 radical (unpaired) electrons. The number of allylic oxidation sites excluding steroid dienone is 2. The quantitative estimate of drug-likeness (QED) is 0.0233. The van der Waals surface area contributed by atoms with Crippen LogP contribution in [0.15, 0.2) is 12.2 Å². The molecule has 356 valence electrons. The lowest BCUT2D eigenvalue weighted by Crippen LogP contribution is -2.29. The van der Waals surface area contributed by atoms with Gasteiger partial charge < -0.3 is 24.6 Å². The van der Waals surface area contributed by atoms with Gasteiger partial charge in [0.1, 0.15) is 12.7 Å². The lowest BCUT2D eigenvalue weighted by atomic mass is 10.0. The largest absolute Gasteiger partial charge is 0.472 e. The van der Waals surface area contributed by atoms with Crippen molar-refractivity contribution in [2.45, 2.75) is 264 Å². The standard InChI is InChI=1S/C49H95O10P/c1-3-5-7-9-11-13-15-17-19-20-21-22-23-24-25-27-29-31-33-35-37-39-41-49(53)59-47(45-58-60(54,55)57-43-46(51)42-50)44-56-48(52)40-38-36-34-32-30-28-26-18-16-14-12-10-8-6-4-2/h34,36,46-47,50-51H,3-33,35,37-45H2,1-2H3,(H,54,55)/b36-34+/t46-,47+/m0/s1. The van der Waals surface area contributed by atoms with Crippen molar-refractivity contribution in [3.63, 3.8) is 0 Å². The second kappa shape index (κ2) is 45.7. The topological polar surface area (TPSA) is 149 Å². The number of hydrogen-bond donors (Lipinski definition) is 3. The zero-order valence-electron chi connectivity index (χ0n) is 38.9. The normalized spacial score (nSPS) is 13.8. The molecule has 0 aromatic carbocycles. The summed E-state index contributed by atoms with van der Waals surface area (Å²) in [5.41, 5.74) is 0. The van der Waals surface area contributed by atoms with Crippen molar-refractivity contribution in [2.24, 2.45) is 0 Å². The van der Waals surface area contributed by atoms with Crippen molar-refractivity contribution in [2.75, 3.05) is 26.4 Å². The van der Waals surface area contributed by atoms with Gasteiger partial charge in [0.15, 0.2) is 6.10 Å². The van der Waals surface area contributed by atoms with Crippen LogP contribution in [0.5, 0.6) is 0 Å². The van der Waals surface area contributed by atoms with Gasteiger partial charge in [0.25, 0.3) is 0 Å². The smallest absolute Gasteiger partial charge is 0.462 e. The lowest BCUT2D eigenvalue weighted by Gasteiger charge is -2.20. The van der Waals surface area contributed by atoms with Crippen molar-refractivity contribution in [3.05, 3.63) is 12.2 Å². The van der Waals surface area contributed by atoms with E-state index < -0.39 is 51.8 Å². The molecule has 0 heterocycles. The van der Waals surface area contributed by atoms with Gasteiger partial charge in [-0.2, -0.15) is 0 Å². The van der Waals surface area contributed by atoms with Crippen LogP contribution in [0.4, 0.5) is 0 Å². The summed E-state index contributed by atoms with van der Waals surface area (Å²) < 4.78 is 32.8. The molecule has 0 aromatic heterocycles. The number of ether oxygens (including phenoxy) is 2. The van der Waals surface area contributed by atoms with Crippen LogP contribution in [0.2, 0.25) is 0 Å². The third kappa shape index (κ3) is 44.8. The minimum Gasteiger partial charge on any atom is -0.462 e. The Bertz CT molecular complexity index is 1010. The Kier molecular flexibility index (Phi) is 44.7. The van der Waals surface area contributed by atoms with Crippen LogP contribution in [-0.4, -0.2) is 65.7 Å². The molecule has 0 saturated carbocycles. The van der Waals surface area contributed by atoms with Crippen molar-refractivity contribution in [3.8, 4) is 0 Å². The van der Waals surface area contributed by atoms with E-state index in [-0.39, 0.29) is 19.4 Å². The number of phosphoric ester groups is 1. The molecule has 0 spiro atoms. The van der Waals surface area contributed by atoms with Gasteiger partial charge in [0, 0.05) is 12.8 Å². The zero-order chi connectivity index (χ0) is 44.0. The predicted molar refractivity (Wildman–Crippen MR) is 247 cm³/mol. The molecule has 60 heavy (non-hydrogen) atoms. The molecule has 0 saturated heterocycles. The van der Waals surface area contributed by atoms with E-state index >= 15 is 0 Å². The van der Waals surface area contributed by atoms with E-state index in [0.29, 0.717) is 12.8 Å². The predicted octanol–water partition coefficient (Wildman–Crippen LogP) is 14.0. The van der Waals surface area contributed by atoms with Gasteiger partial charge in [0.2, 0.25) is 0 Å². The summed E-state index contributed by atoms with van der Waals surface area (Å²) in [5, 5.41) is 18.4. The maximum Gasteiger partial charge on any atom is 0.472 e. The fourth-order valence-electron chi connectivity index (χ4n) is 7.31. The maximum atomic E-state index is 12.7. The minimum atomic E-state index is -4.62. The SMILES string of the molecule is CCCCCCCCCCCCC/C=C/CCC(=O)OC[C@H](COP(=O)(O)OC[C@@H](O)CO)OC(=O)CCCCCCCCCCCCCCCCCCCCCCCC. The number of carbonyl (C=O) groups excluding carboxylic acids is 2. The molecule has 0 bridgehead atoms. The Morgan fingerprint density at radius 2 is 0.850 bits per heavy atom. The number of hydrogen-bond acceptors (Lipinski definition) is 9. The van der Waals surface area contributed by atoms with Gasteiger partial charge in [0.05, 0.1) is 19.8 Å². The molecule has 10 nitrogen and oxygen atoms in total. The highest BCUT2D eigenvalue weighted by Crippen LogP contribution is 2.43. The second-order valence-corrected chi connectivity index (χ2v) is 18.7. The summed E-state index contributed by atoms with van der Waals surface area (Å²) in [5.74, 6) is -0.966. The van der Waals surface area contributed by atoms with E-state index in [1.54, 1.807) is 0 Å². The molecule has 0 aliphatic carbocycles. The van der Waals surface area contributed by atoms with E-state index in [4.69, 9.17) is 23.6 Å². The number of phosphoric acid groups is 1. The van der Waals surface area contributed by atoms with Gasteiger partial charge in [-0.3, -0.25) is 18.6 Å². The average Bonchev–Trinajstić information content (AvgIpc) is 3.24. The molecule has 0 aliphatic rings. The van der Waals surface area contributed by atoms with Gasteiger partial charge in [-0.1, -0.05) is 225 Å². The van der Waals surface area contributed by atoms with Gasteiger partial charge in [-0.15, -0.1) is 0 Å². The third-order valence-electron chi connectivity index (χ3n) is 11.2. The summed E-state index contributed by atoms with van der Waals surface area (Å²) in [6, 6.07) is 0. The van der Waals surface area contributed by atoms with E-state index in [9.17, 15) is 24.2 Å². The molecule has 0 amide bonds. The fourth-order valence-corrected chi connectivity index (χ4v) is 8.10. The summed E-state index contributed by atoms with van der Waals surface area (Å²) in [7, 11) is -4.62. The highest BCUT2D eigenvalue weighted by molar-refractivity contribution is 7.47. The first-order chi connectivity index (χ1) is 29.2. The number of carbonyl (C=O) groups is 2. The van der Waals surface area contributed by atoms with Crippen LogP contribution in [-0.2, 0) is 32.7 Å². The first-order valence-corrected chi connectivity index (χ1v) is 26.6. The van der Waals surface area contributed by atoms with Gasteiger partial charge in [-0.05, 0) is 25.7 Å². The van der Waals surface area contributed by atoms with Crippen LogP contribution in [0.3, 0.4) is 0 Å². The molecular formula is C49H95O10P. The van der Waals surface area contributed by atoms with Crippen molar-refractivity contribution in [1.82, 2.24) is 0 Å². The summed E-state index contributed by atoms with van der Waals surface area (Å²) in [6.45, 7) is 2.39. The van der Waals surface area contributed by atoms with Crippen LogP contribution in [0.1, 0.15) is 251 Å². The van der Waals surface area contributed by atoms with Gasteiger partial charge >= 0.3 is 19.8 Å².